The second kappa shape index (κ2) is 7.38. The van der Waals surface area contributed by atoms with E-state index in [2.05, 4.69) is 5.32 Å². The molecule has 0 aliphatic rings. The maximum atomic E-state index is 12.7. The first-order valence-electron chi connectivity index (χ1n) is 5.81. The highest BCUT2D eigenvalue weighted by atomic mass is 32.2. The Balaban J connectivity index is 2.46. The van der Waals surface area contributed by atoms with Crippen LogP contribution >= 0.6 is 11.8 Å². The lowest BCUT2D eigenvalue weighted by Gasteiger charge is -2.15. The summed E-state index contributed by atoms with van der Waals surface area (Å²) >= 11 is 1.60. The van der Waals surface area contributed by atoms with Gasteiger partial charge < -0.3 is 5.11 Å². The van der Waals surface area contributed by atoms with Crippen LogP contribution in [-0.2, 0) is 11.3 Å². The average molecular weight is 271 g/mol. The normalized spacial score (nSPS) is 12.7. The molecular weight excluding hydrogens is 253 g/mol. The fourth-order valence-electron chi connectivity index (χ4n) is 1.35. The third kappa shape index (κ3) is 5.51. The van der Waals surface area contributed by atoms with Gasteiger partial charge in [-0.25, -0.2) is 4.39 Å². The van der Waals surface area contributed by atoms with Gasteiger partial charge in [0.05, 0.1) is 0 Å². The second-order valence-electron chi connectivity index (χ2n) is 4.28. The first-order valence-corrected chi connectivity index (χ1v) is 6.86. The predicted molar refractivity (Wildman–Crippen MR) is 72.3 cm³/mol. The van der Waals surface area contributed by atoms with Crippen molar-refractivity contribution >= 4 is 17.7 Å². The third-order valence-corrected chi connectivity index (χ3v) is 3.55. The van der Waals surface area contributed by atoms with E-state index in [0.717, 1.165) is 5.56 Å². The smallest absolute Gasteiger partial charge is 0.321 e. The van der Waals surface area contributed by atoms with Crippen molar-refractivity contribution in [1.82, 2.24) is 5.32 Å². The minimum absolute atomic E-state index is 0.288. The summed E-state index contributed by atoms with van der Waals surface area (Å²) in [5.74, 6) is -0.622. The van der Waals surface area contributed by atoms with Gasteiger partial charge in [-0.2, -0.15) is 11.8 Å². The van der Waals surface area contributed by atoms with E-state index < -0.39 is 12.0 Å². The van der Waals surface area contributed by atoms with Gasteiger partial charge in [0.1, 0.15) is 11.9 Å². The number of hydrogen-bond acceptors (Lipinski definition) is 3. The van der Waals surface area contributed by atoms with Gasteiger partial charge in [0, 0.05) is 12.3 Å². The Kier molecular flexibility index (Phi) is 6.15. The SMILES string of the molecule is CC(C)SCC(NCc1ccc(F)cc1)C(=O)O. The van der Waals surface area contributed by atoms with Crippen LogP contribution in [0.3, 0.4) is 0 Å². The zero-order valence-corrected chi connectivity index (χ0v) is 11.3. The molecule has 1 aromatic rings. The van der Waals surface area contributed by atoms with Crippen LogP contribution in [0, 0.1) is 5.82 Å². The third-order valence-electron chi connectivity index (χ3n) is 2.36. The van der Waals surface area contributed by atoms with Crippen molar-refractivity contribution in [2.75, 3.05) is 5.75 Å². The van der Waals surface area contributed by atoms with E-state index in [4.69, 9.17) is 5.11 Å². The molecule has 0 aromatic heterocycles. The summed E-state index contributed by atoms with van der Waals surface area (Å²) in [6.07, 6.45) is 0. The van der Waals surface area contributed by atoms with Crippen molar-refractivity contribution in [2.24, 2.45) is 0 Å². The number of carboxylic acids is 1. The quantitative estimate of drug-likeness (QED) is 0.800. The Morgan fingerprint density at radius 3 is 2.50 bits per heavy atom. The van der Waals surface area contributed by atoms with Gasteiger partial charge in [-0.1, -0.05) is 26.0 Å². The lowest BCUT2D eigenvalue weighted by Crippen LogP contribution is -2.38. The van der Waals surface area contributed by atoms with Crippen molar-refractivity contribution in [1.29, 1.82) is 0 Å². The number of rotatable bonds is 7. The van der Waals surface area contributed by atoms with Crippen LogP contribution in [0.15, 0.2) is 24.3 Å². The molecule has 0 radical (unpaired) electrons. The minimum Gasteiger partial charge on any atom is -0.480 e. The van der Waals surface area contributed by atoms with E-state index in [1.54, 1.807) is 23.9 Å². The number of hydrogen-bond donors (Lipinski definition) is 2. The number of halogens is 1. The van der Waals surface area contributed by atoms with Gasteiger partial charge in [-0.05, 0) is 22.9 Å². The molecule has 100 valence electrons. The molecule has 0 heterocycles. The summed E-state index contributed by atoms with van der Waals surface area (Å²) in [4.78, 5) is 11.1. The number of carboxylic acid groups (broad SMARTS) is 1. The van der Waals surface area contributed by atoms with Gasteiger partial charge in [0.25, 0.3) is 0 Å². The zero-order valence-electron chi connectivity index (χ0n) is 10.5. The fourth-order valence-corrected chi connectivity index (χ4v) is 2.19. The van der Waals surface area contributed by atoms with Gasteiger partial charge in [-0.3, -0.25) is 10.1 Å². The molecule has 0 saturated heterocycles. The average Bonchev–Trinajstić information content (AvgIpc) is 2.30. The Morgan fingerprint density at radius 1 is 1.39 bits per heavy atom. The van der Waals surface area contributed by atoms with E-state index in [-0.39, 0.29) is 5.82 Å². The molecule has 1 atom stereocenters. The van der Waals surface area contributed by atoms with Crippen LogP contribution in [0.5, 0.6) is 0 Å². The number of benzene rings is 1. The highest BCUT2D eigenvalue weighted by Gasteiger charge is 2.17. The van der Waals surface area contributed by atoms with Gasteiger partial charge in [-0.15, -0.1) is 0 Å². The molecule has 1 aromatic carbocycles. The molecule has 0 saturated carbocycles. The van der Waals surface area contributed by atoms with Gasteiger partial charge >= 0.3 is 5.97 Å². The molecule has 18 heavy (non-hydrogen) atoms. The highest BCUT2D eigenvalue weighted by Crippen LogP contribution is 2.11. The molecule has 0 amide bonds. The maximum absolute atomic E-state index is 12.7. The van der Waals surface area contributed by atoms with E-state index in [1.807, 2.05) is 13.8 Å². The largest absolute Gasteiger partial charge is 0.480 e. The van der Waals surface area contributed by atoms with Crippen molar-refractivity contribution < 1.29 is 14.3 Å². The van der Waals surface area contributed by atoms with Crippen molar-refractivity contribution in [2.45, 2.75) is 31.7 Å². The fraction of sp³-hybridized carbons (Fsp3) is 0.462. The Hall–Kier alpha value is -1.07. The van der Waals surface area contributed by atoms with E-state index >= 15 is 0 Å². The molecule has 2 N–H and O–H groups in total. The lowest BCUT2D eigenvalue weighted by molar-refractivity contribution is -0.138. The van der Waals surface area contributed by atoms with Crippen LogP contribution in [-0.4, -0.2) is 28.1 Å². The molecule has 0 aliphatic heterocycles. The number of carbonyl (C=O) groups is 1. The first kappa shape index (κ1) is 15.0. The van der Waals surface area contributed by atoms with Crippen LogP contribution in [0.4, 0.5) is 4.39 Å². The Bertz CT molecular complexity index is 381. The number of thioether (sulfide) groups is 1. The van der Waals surface area contributed by atoms with Crippen molar-refractivity contribution in [3.63, 3.8) is 0 Å². The van der Waals surface area contributed by atoms with Crippen LogP contribution in [0.25, 0.3) is 0 Å². The monoisotopic (exact) mass is 271 g/mol. The summed E-state index contributed by atoms with van der Waals surface area (Å²) in [6, 6.07) is 5.46. The second-order valence-corrected chi connectivity index (χ2v) is 5.89. The van der Waals surface area contributed by atoms with Crippen molar-refractivity contribution in [3.8, 4) is 0 Å². The van der Waals surface area contributed by atoms with E-state index in [1.165, 1.54) is 12.1 Å². The Labute approximate surface area is 111 Å². The van der Waals surface area contributed by atoms with Gasteiger partial charge in [0.15, 0.2) is 0 Å². The molecule has 3 nitrogen and oxygen atoms in total. The lowest BCUT2D eigenvalue weighted by atomic mass is 10.2. The molecule has 1 rings (SSSR count). The summed E-state index contributed by atoms with van der Waals surface area (Å²) in [5.41, 5.74) is 0.872. The number of aliphatic carboxylic acids is 1. The summed E-state index contributed by atoms with van der Waals surface area (Å²) in [5, 5.41) is 12.4. The standard InChI is InChI=1S/C13H18FNO2S/c1-9(2)18-8-12(13(16)17)15-7-10-3-5-11(14)6-4-10/h3-6,9,12,15H,7-8H2,1-2H3,(H,16,17). The molecule has 0 fully saturated rings. The van der Waals surface area contributed by atoms with E-state index in [9.17, 15) is 9.18 Å². The summed E-state index contributed by atoms with van der Waals surface area (Å²) in [7, 11) is 0. The summed E-state index contributed by atoms with van der Waals surface area (Å²) < 4.78 is 12.7. The molecule has 1 unspecified atom stereocenters. The molecule has 0 aliphatic carbocycles. The number of nitrogens with one attached hydrogen (secondary N) is 1. The van der Waals surface area contributed by atoms with Crippen molar-refractivity contribution in [3.05, 3.63) is 35.6 Å². The first-order chi connectivity index (χ1) is 8.49. The topological polar surface area (TPSA) is 49.3 Å². The predicted octanol–water partition coefficient (Wildman–Crippen LogP) is 2.51. The maximum Gasteiger partial charge on any atom is 0.321 e. The highest BCUT2D eigenvalue weighted by molar-refractivity contribution is 7.99. The zero-order chi connectivity index (χ0) is 13.5. The molecule has 0 bridgehead atoms. The van der Waals surface area contributed by atoms with Crippen LogP contribution in [0.2, 0.25) is 0 Å². The molecule has 0 spiro atoms. The van der Waals surface area contributed by atoms with E-state index in [0.29, 0.717) is 17.5 Å². The minimum atomic E-state index is -0.856. The van der Waals surface area contributed by atoms with Gasteiger partial charge in [0.2, 0.25) is 0 Å². The summed E-state index contributed by atoms with van der Waals surface area (Å²) in [6.45, 7) is 4.49. The molecule has 5 heteroatoms. The van der Waals surface area contributed by atoms with Crippen LogP contribution < -0.4 is 5.32 Å². The molecular formula is C13H18FNO2S. The Morgan fingerprint density at radius 2 is 2.00 bits per heavy atom. The van der Waals surface area contributed by atoms with Crippen LogP contribution in [0.1, 0.15) is 19.4 Å².